The highest BCUT2D eigenvalue weighted by molar-refractivity contribution is 5.82. The van der Waals surface area contributed by atoms with Crippen molar-refractivity contribution in [3.63, 3.8) is 0 Å². The summed E-state index contributed by atoms with van der Waals surface area (Å²) in [5.41, 5.74) is 13.4. The highest BCUT2D eigenvalue weighted by Crippen LogP contribution is 2.42. The lowest BCUT2D eigenvalue weighted by molar-refractivity contribution is -0.323. The minimum atomic E-state index is -2.25. The number of nitrogens with one attached hydrogen (secondary N) is 4. The Kier molecular flexibility index (Phi) is 30.4. The van der Waals surface area contributed by atoms with Crippen molar-refractivity contribution in [2.24, 2.45) is 5.11 Å². The van der Waals surface area contributed by atoms with Crippen LogP contribution in [0, 0.1) is 0 Å². The fraction of sp³-hybridized carbons (Fsp3) is 0.435. The van der Waals surface area contributed by atoms with Gasteiger partial charge < -0.3 is 108 Å². The number of fused-ring (bicyclic) bond motifs is 2. The van der Waals surface area contributed by atoms with E-state index >= 15 is 4.39 Å². The molecule has 2 unspecified atom stereocenters. The van der Waals surface area contributed by atoms with E-state index in [1.54, 1.807) is 200 Å². The number of halogens is 1. The van der Waals surface area contributed by atoms with Crippen LogP contribution in [-0.4, -0.2) is 222 Å². The molecule has 1 saturated carbocycles. The molecule has 7 aromatic rings. The Morgan fingerprint density at radius 3 is 1.43 bits per heavy atom. The SMILES string of the molecule is CCCCO[C@H](C(=O)N[C@@H]1C[C@H](NC(=O)OCc2ccccc2)[C@@H](O[C@H]2O[C@@H]3CN(C(=O)OCc4ccccc4)C(c4ccccc4)O[C@H]3C[C@H]2NC(=O)OCc2ccccc2)[C@H](O[C@@H]2O[C@H](CO)[C@@H](O[C@H]3O[C@H]4CN(C(=O)OCc5ccccc5)C(c5ccccc5)O[C@H]4[C@H](O)[C@H]3NC(=O)OCc3ccccc3)[C@H]2O)[C@H]1O)[C@H](F)CN=[N+]=[N-]. The maximum Gasteiger partial charge on any atom is 0.412 e. The highest BCUT2D eigenvalue weighted by atomic mass is 19.1. The first-order valence-electron chi connectivity index (χ1n) is 39.4. The van der Waals surface area contributed by atoms with Gasteiger partial charge in [0.2, 0.25) is 0 Å². The summed E-state index contributed by atoms with van der Waals surface area (Å²) in [6.07, 6.45) is -34.9. The zero-order valence-corrected chi connectivity index (χ0v) is 64.9. The molecule has 1 aliphatic carbocycles. The molecule has 6 amide bonds. The smallest absolute Gasteiger partial charge is 0.412 e. The Hall–Kier alpha value is -10.9. The molecule has 8 N–H and O–H groups in total. The summed E-state index contributed by atoms with van der Waals surface area (Å²) in [4.78, 5) is 92.1. The van der Waals surface area contributed by atoms with E-state index in [0.717, 1.165) is 0 Å². The van der Waals surface area contributed by atoms with E-state index in [9.17, 15) is 54.7 Å². The third-order valence-electron chi connectivity index (χ3n) is 21.0. The number of unbranched alkanes of at least 4 members (excludes halogenated alkanes) is 1. The number of amides is 6. The first-order valence-corrected chi connectivity index (χ1v) is 39.4. The number of alkyl carbamates (subject to hydrolysis) is 3. The van der Waals surface area contributed by atoms with Gasteiger partial charge in [-0.15, -0.1) is 0 Å². The van der Waals surface area contributed by atoms with Crippen LogP contribution in [-0.2, 0) is 104 Å². The number of aliphatic hydroxyl groups is 4. The minimum absolute atomic E-state index is 0.131. The Morgan fingerprint density at radius 2 is 0.933 bits per heavy atom. The van der Waals surface area contributed by atoms with Crippen molar-refractivity contribution in [1.82, 2.24) is 31.1 Å². The van der Waals surface area contributed by atoms with Gasteiger partial charge in [-0.25, -0.2) is 28.4 Å². The molecule has 119 heavy (non-hydrogen) atoms. The molecular weight excluding hydrogens is 1550 g/mol. The second kappa shape index (κ2) is 42.1. The number of aliphatic hydroxyl groups excluding tert-OH is 4. The average Bonchev–Trinajstić information content (AvgIpc) is 1.54. The second-order valence-electron chi connectivity index (χ2n) is 29.3. The molecule has 0 radical (unpaired) electrons. The minimum Gasteiger partial charge on any atom is -0.445 e. The molecule has 33 nitrogen and oxygen atoms in total. The van der Waals surface area contributed by atoms with Crippen molar-refractivity contribution in [2.45, 2.75) is 201 Å². The zero-order valence-electron chi connectivity index (χ0n) is 64.9. The predicted octanol–water partition coefficient (Wildman–Crippen LogP) is 8.86. The Bertz CT molecular complexity index is 4440. The van der Waals surface area contributed by atoms with Crippen LogP contribution in [0.1, 0.15) is 84.0 Å². The number of rotatable bonds is 31. The van der Waals surface area contributed by atoms with Crippen LogP contribution in [0.3, 0.4) is 0 Å². The summed E-state index contributed by atoms with van der Waals surface area (Å²) in [6.45, 7) is -1.73. The lowest BCUT2D eigenvalue weighted by atomic mass is 9.83. The van der Waals surface area contributed by atoms with E-state index in [1.807, 2.05) is 19.1 Å². The van der Waals surface area contributed by atoms with Crippen LogP contribution in [0.4, 0.5) is 28.4 Å². The normalized spacial score (nSPS) is 28.2. The van der Waals surface area contributed by atoms with Crippen LogP contribution in [0.25, 0.3) is 10.4 Å². The van der Waals surface area contributed by atoms with Crippen LogP contribution in [0.5, 0.6) is 0 Å². The van der Waals surface area contributed by atoms with Gasteiger partial charge in [0.15, 0.2) is 37.4 Å². The molecule has 5 saturated heterocycles. The highest BCUT2D eigenvalue weighted by Gasteiger charge is 2.59. The number of benzene rings is 7. The monoisotopic (exact) mass is 1650 g/mol. The number of hydrogen-bond donors (Lipinski definition) is 8. The van der Waals surface area contributed by atoms with Crippen LogP contribution in [0.15, 0.2) is 217 Å². The summed E-state index contributed by atoms with van der Waals surface area (Å²) in [6, 6.07) is 55.2. The maximum atomic E-state index is 16.3. The molecular formula is C85H96FN9O24. The summed E-state index contributed by atoms with van der Waals surface area (Å²) >= 11 is 0. The third-order valence-corrected chi connectivity index (χ3v) is 21.0. The lowest BCUT2D eigenvalue weighted by Gasteiger charge is -2.51. The number of ether oxygens (including phenoxy) is 14. The topological polar surface area (TPSA) is 416 Å². The van der Waals surface area contributed by atoms with Crippen molar-refractivity contribution in [3.8, 4) is 0 Å². The molecule has 6 fully saturated rings. The summed E-state index contributed by atoms with van der Waals surface area (Å²) in [5.74, 6) is -1.16. The van der Waals surface area contributed by atoms with Gasteiger partial charge in [-0.3, -0.25) is 14.6 Å². The number of nitrogens with zero attached hydrogens (tertiary/aromatic N) is 5. The van der Waals surface area contributed by atoms with Gasteiger partial charge in [-0.2, -0.15) is 0 Å². The van der Waals surface area contributed by atoms with E-state index in [2.05, 4.69) is 31.3 Å². The molecule has 632 valence electrons. The average molecular weight is 1650 g/mol. The molecule has 5 aliphatic heterocycles. The van der Waals surface area contributed by atoms with Crippen molar-refractivity contribution in [2.75, 3.05) is 32.8 Å². The van der Waals surface area contributed by atoms with Gasteiger partial charge in [0, 0.05) is 29.1 Å². The van der Waals surface area contributed by atoms with Gasteiger partial charge in [0.1, 0.15) is 106 Å². The van der Waals surface area contributed by atoms with Crippen molar-refractivity contribution < 1.29 is 120 Å². The van der Waals surface area contributed by atoms with Gasteiger partial charge in [0.25, 0.3) is 5.91 Å². The molecule has 0 aromatic heterocycles. The van der Waals surface area contributed by atoms with Crippen molar-refractivity contribution in [3.05, 3.63) is 262 Å². The second-order valence-corrected chi connectivity index (χ2v) is 29.3. The van der Waals surface area contributed by atoms with Crippen LogP contribution < -0.4 is 21.3 Å². The number of alkyl halides is 1. The van der Waals surface area contributed by atoms with E-state index in [0.29, 0.717) is 51.8 Å². The first kappa shape index (κ1) is 85.9. The summed E-state index contributed by atoms with van der Waals surface area (Å²) in [7, 11) is 0. The summed E-state index contributed by atoms with van der Waals surface area (Å²) in [5, 5.41) is 64.7. The number of carbonyl (C=O) groups is 6. The standard InChI is InChI=1S/C85H96FN9O24/c1-2-3-39-106-70(58(86)42-88-93-87)75(100)89-59-40-60(90-81(101)107-46-51-25-11-4-12-26-51)71(117-78-61(91-82(102)108-47-52-27-13-5-14-28-52)41-62-63(113-78)43-94(76(112-62)56-35-21-9-22-36-56)84(104)110-49-54-31-17-7-18-32-54)74(67(59)97)119-80-69(99)73(65(45-96)115-80)118-79-66(92-83(103)109-48-53-29-15-6-16-30-53)68(98)72-64(114-79)44-95(77(116-72)57-37-23-10-24-38-57)85(105)111-50-55-33-19-8-20-34-55/h4-38,58-74,76-80,96-99H,2-3,39-50H2,1H3,(H,89,100)(H,90,101)(H,91,102)(H,92,103)/t58-,59-,60+,61-,62+,63-,64+,65-,66-,67+,68-,69-,70+,71-,72-,73-,74-,76?,77?,78-,79-,80+/m1/s1. The fourth-order valence-corrected chi connectivity index (χ4v) is 15.0. The Labute approximate surface area is 684 Å². The maximum absolute atomic E-state index is 16.3. The molecule has 5 heterocycles. The molecule has 0 bridgehead atoms. The van der Waals surface area contributed by atoms with Crippen molar-refractivity contribution >= 4 is 36.4 Å². The quantitative estimate of drug-likeness (QED) is 0.00661. The van der Waals surface area contributed by atoms with Crippen molar-refractivity contribution in [1.29, 1.82) is 0 Å². The van der Waals surface area contributed by atoms with E-state index in [1.165, 1.54) is 9.80 Å². The molecule has 0 spiro atoms. The number of hydrogen-bond acceptors (Lipinski definition) is 25. The predicted molar refractivity (Wildman–Crippen MR) is 416 cm³/mol. The molecule has 13 rings (SSSR count). The van der Waals surface area contributed by atoms with E-state index in [4.69, 9.17) is 66.3 Å². The number of carbonyl (C=O) groups excluding carboxylic acids is 6. The van der Waals surface area contributed by atoms with Gasteiger partial charge in [-0.1, -0.05) is 231 Å². The fourth-order valence-electron chi connectivity index (χ4n) is 15.0. The molecule has 34 heteroatoms. The molecule has 22 atom stereocenters. The summed E-state index contributed by atoms with van der Waals surface area (Å²) < 4.78 is 105. The number of azide groups is 1. The first-order chi connectivity index (χ1) is 58.0. The van der Waals surface area contributed by atoms with Crippen LogP contribution in [0.2, 0.25) is 0 Å². The zero-order chi connectivity index (χ0) is 83.2. The Balaban J connectivity index is 0.852. The van der Waals surface area contributed by atoms with Gasteiger partial charge >= 0.3 is 30.5 Å². The van der Waals surface area contributed by atoms with E-state index in [-0.39, 0.29) is 59.2 Å². The molecule has 7 aromatic carbocycles. The third kappa shape index (κ3) is 22.5. The largest absolute Gasteiger partial charge is 0.445 e. The van der Waals surface area contributed by atoms with Gasteiger partial charge in [0.05, 0.1) is 50.5 Å². The molecule has 6 aliphatic rings. The van der Waals surface area contributed by atoms with Gasteiger partial charge in [-0.05, 0) is 46.2 Å². The Morgan fingerprint density at radius 1 is 0.487 bits per heavy atom. The lowest BCUT2D eigenvalue weighted by Crippen LogP contribution is -2.70. The van der Waals surface area contributed by atoms with E-state index < -0.39 is 191 Å². The van der Waals surface area contributed by atoms with Crippen LogP contribution >= 0.6 is 0 Å².